The SMILES string of the molecule is COc1ccc(Cl)cc1NC(=O)CN(C)C(=O)CCc1cccc(OC)c1OC. The van der Waals surface area contributed by atoms with Crippen LogP contribution in [0, 0.1) is 0 Å². The first-order valence-electron chi connectivity index (χ1n) is 8.96. The standard InChI is InChI=1S/C21H25ClN2O5/c1-24(13-19(25)23-16-12-15(22)9-10-17(16)27-2)20(26)11-8-14-6-5-7-18(28-3)21(14)29-4/h5-7,9-10,12H,8,11,13H2,1-4H3,(H,23,25). The Balaban J connectivity index is 1.94. The minimum absolute atomic E-state index is 0.0935. The minimum atomic E-state index is -0.347. The molecule has 0 aliphatic rings. The van der Waals surface area contributed by atoms with Crippen molar-refractivity contribution in [3.8, 4) is 17.2 Å². The van der Waals surface area contributed by atoms with E-state index in [9.17, 15) is 9.59 Å². The van der Waals surface area contributed by atoms with E-state index < -0.39 is 0 Å². The van der Waals surface area contributed by atoms with Gasteiger partial charge in [-0.25, -0.2) is 0 Å². The van der Waals surface area contributed by atoms with Gasteiger partial charge in [0, 0.05) is 18.5 Å². The predicted octanol–water partition coefficient (Wildman–Crippen LogP) is 3.40. The van der Waals surface area contributed by atoms with Gasteiger partial charge in [0.05, 0.1) is 33.6 Å². The minimum Gasteiger partial charge on any atom is -0.495 e. The Morgan fingerprint density at radius 1 is 1.03 bits per heavy atom. The number of para-hydroxylation sites is 1. The molecule has 29 heavy (non-hydrogen) atoms. The van der Waals surface area contributed by atoms with E-state index in [0.717, 1.165) is 5.56 Å². The maximum Gasteiger partial charge on any atom is 0.244 e. The summed E-state index contributed by atoms with van der Waals surface area (Å²) in [7, 11) is 6.21. The van der Waals surface area contributed by atoms with Crippen molar-refractivity contribution in [2.24, 2.45) is 0 Å². The predicted molar refractivity (Wildman–Crippen MR) is 112 cm³/mol. The highest BCUT2D eigenvalue weighted by Gasteiger charge is 2.16. The van der Waals surface area contributed by atoms with E-state index in [2.05, 4.69) is 5.32 Å². The summed E-state index contributed by atoms with van der Waals surface area (Å²) in [6.07, 6.45) is 0.696. The largest absolute Gasteiger partial charge is 0.495 e. The zero-order chi connectivity index (χ0) is 21.4. The summed E-state index contributed by atoms with van der Waals surface area (Å²) in [5.74, 6) is 1.20. The van der Waals surface area contributed by atoms with E-state index in [1.165, 1.54) is 12.0 Å². The molecule has 0 aliphatic carbocycles. The number of ether oxygens (including phenoxy) is 3. The molecule has 8 heteroatoms. The van der Waals surface area contributed by atoms with Crippen molar-refractivity contribution in [1.29, 1.82) is 0 Å². The molecule has 0 fully saturated rings. The number of aryl methyl sites for hydroxylation is 1. The summed E-state index contributed by atoms with van der Waals surface area (Å²) in [4.78, 5) is 26.2. The maximum atomic E-state index is 12.5. The van der Waals surface area contributed by atoms with Crippen LogP contribution in [0.5, 0.6) is 17.2 Å². The first-order valence-corrected chi connectivity index (χ1v) is 9.34. The van der Waals surface area contributed by atoms with Crippen LogP contribution < -0.4 is 19.5 Å². The molecule has 0 saturated heterocycles. The third-order valence-corrected chi connectivity index (χ3v) is 4.57. The van der Waals surface area contributed by atoms with Gasteiger partial charge in [0.15, 0.2) is 11.5 Å². The summed E-state index contributed by atoms with van der Waals surface area (Å²) in [5, 5.41) is 3.19. The van der Waals surface area contributed by atoms with Gasteiger partial charge in [-0.2, -0.15) is 0 Å². The maximum absolute atomic E-state index is 12.5. The highest BCUT2D eigenvalue weighted by Crippen LogP contribution is 2.31. The Morgan fingerprint density at radius 3 is 2.41 bits per heavy atom. The zero-order valence-corrected chi connectivity index (χ0v) is 17.7. The normalized spacial score (nSPS) is 10.2. The van der Waals surface area contributed by atoms with E-state index in [1.54, 1.807) is 45.5 Å². The molecule has 0 aromatic heterocycles. The van der Waals surface area contributed by atoms with Crippen LogP contribution in [-0.2, 0) is 16.0 Å². The fourth-order valence-corrected chi connectivity index (χ4v) is 3.03. The summed E-state index contributed by atoms with van der Waals surface area (Å²) < 4.78 is 15.9. The summed E-state index contributed by atoms with van der Waals surface area (Å²) in [6, 6.07) is 10.4. The van der Waals surface area contributed by atoms with Crippen LogP contribution in [0.4, 0.5) is 5.69 Å². The van der Waals surface area contributed by atoms with E-state index >= 15 is 0 Å². The molecule has 7 nitrogen and oxygen atoms in total. The fourth-order valence-electron chi connectivity index (χ4n) is 2.85. The van der Waals surface area contributed by atoms with E-state index in [-0.39, 0.29) is 24.8 Å². The van der Waals surface area contributed by atoms with Gasteiger partial charge in [0.1, 0.15) is 5.75 Å². The quantitative estimate of drug-likeness (QED) is 0.672. The number of carbonyl (C=O) groups is 2. The number of hydrogen-bond acceptors (Lipinski definition) is 5. The van der Waals surface area contributed by atoms with E-state index in [1.807, 2.05) is 12.1 Å². The van der Waals surface area contributed by atoms with Crippen LogP contribution in [0.3, 0.4) is 0 Å². The van der Waals surface area contributed by atoms with Crippen molar-refractivity contribution in [3.05, 3.63) is 47.0 Å². The molecule has 2 aromatic rings. The Labute approximate surface area is 175 Å². The van der Waals surface area contributed by atoms with Crippen LogP contribution in [0.15, 0.2) is 36.4 Å². The lowest BCUT2D eigenvalue weighted by atomic mass is 10.1. The summed E-state index contributed by atoms with van der Waals surface area (Å²) in [5.41, 5.74) is 1.31. The Morgan fingerprint density at radius 2 is 1.76 bits per heavy atom. The zero-order valence-electron chi connectivity index (χ0n) is 17.0. The Kier molecular flexibility index (Phi) is 8.15. The lowest BCUT2D eigenvalue weighted by molar-refractivity contribution is -0.133. The molecule has 1 N–H and O–H groups in total. The second kappa shape index (κ2) is 10.6. The van der Waals surface area contributed by atoms with Gasteiger partial charge >= 0.3 is 0 Å². The Bertz CT molecular complexity index is 872. The van der Waals surface area contributed by atoms with E-state index in [4.69, 9.17) is 25.8 Å². The van der Waals surface area contributed by atoms with Crippen LogP contribution in [-0.4, -0.2) is 51.6 Å². The molecule has 2 aromatic carbocycles. The third-order valence-electron chi connectivity index (χ3n) is 4.33. The number of hydrogen-bond donors (Lipinski definition) is 1. The molecule has 0 unspecified atom stereocenters. The van der Waals surface area contributed by atoms with Gasteiger partial charge in [0.2, 0.25) is 11.8 Å². The number of likely N-dealkylation sites (N-methyl/N-ethyl adjacent to an activating group) is 1. The van der Waals surface area contributed by atoms with Crippen LogP contribution in [0.25, 0.3) is 0 Å². The number of nitrogens with zero attached hydrogens (tertiary/aromatic N) is 1. The molecule has 0 saturated carbocycles. The Hall–Kier alpha value is -2.93. The van der Waals surface area contributed by atoms with Crippen molar-refractivity contribution in [2.75, 3.05) is 40.2 Å². The molecule has 2 amide bonds. The lowest BCUT2D eigenvalue weighted by Gasteiger charge is -2.18. The number of anilines is 1. The first-order chi connectivity index (χ1) is 13.9. The molecule has 0 spiro atoms. The number of carbonyl (C=O) groups excluding carboxylic acids is 2. The third kappa shape index (κ3) is 6.02. The fraction of sp³-hybridized carbons (Fsp3) is 0.333. The lowest BCUT2D eigenvalue weighted by Crippen LogP contribution is -2.35. The number of amides is 2. The molecule has 156 valence electrons. The van der Waals surface area contributed by atoms with Gasteiger partial charge in [-0.05, 0) is 36.2 Å². The molecular weight excluding hydrogens is 396 g/mol. The van der Waals surface area contributed by atoms with Crippen molar-refractivity contribution in [3.63, 3.8) is 0 Å². The second-order valence-electron chi connectivity index (χ2n) is 6.30. The molecule has 0 radical (unpaired) electrons. The number of rotatable bonds is 9. The number of halogens is 1. The number of nitrogens with one attached hydrogen (secondary N) is 1. The van der Waals surface area contributed by atoms with Crippen molar-refractivity contribution in [2.45, 2.75) is 12.8 Å². The van der Waals surface area contributed by atoms with Gasteiger partial charge in [-0.3, -0.25) is 9.59 Å². The monoisotopic (exact) mass is 420 g/mol. The number of methoxy groups -OCH3 is 3. The van der Waals surface area contributed by atoms with Gasteiger partial charge in [-0.15, -0.1) is 0 Å². The molecule has 0 atom stereocenters. The highest BCUT2D eigenvalue weighted by molar-refractivity contribution is 6.31. The van der Waals surface area contributed by atoms with Crippen molar-refractivity contribution in [1.82, 2.24) is 4.90 Å². The summed E-state index contributed by atoms with van der Waals surface area (Å²) >= 11 is 5.97. The molecule has 0 bridgehead atoms. The van der Waals surface area contributed by atoms with Crippen LogP contribution in [0.2, 0.25) is 5.02 Å². The topological polar surface area (TPSA) is 77.1 Å². The smallest absolute Gasteiger partial charge is 0.244 e. The second-order valence-corrected chi connectivity index (χ2v) is 6.73. The molecule has 0 heterocycles. The van der Waals surface area contributed by atoms with Crippen molar-refractivity contribution >= 4 is 29.1 Å². The van der Waals surface area contributed by atoms with Gasteiger partial charge in [0.25, 0.3) is 0 Å². The molecular formula is C21H25ClN2O5. The van der Waals surface area contributed by atoms with Crippen molar-refractivity contribution < 1.29 is 23.8 Å². The van der Waals surface area contributed by atoms with E-state index in [0.29, 0.717) is 34.4 Å². The van der Waals surface area contributed by atoms with Crippen LogP contribution >= 0.6 is 11.6 Å². The molecule has 2 rings (SSSR count). The number of benzene rings is 2. The highest BCUT2D eigenvalue weighted by atomic mass is 35.5. The van der Waals surface area contributed by atoms with Crippen LogP contribution in [0.1, 0.15) is 12.0 Å². The average molecular weight is 421 g/mol. The average Bonchev–Trinajstić information content (AvgIpc) is 2.71. The summed E-state index contributed by atoms with van der Waals surface area (Å²) in [6.45, 7) is -0.0935. The van der Waals surface area contributed by atoms with Gasteiger partial charge in [-0.1, -0.05) is 23.7 Å². The molecule has 0 aliphatic heterocycles. The first kappa shape index (κ1) is 22.4. The van der Waals surface area contributed by atoms with Gasteiger partial charge < -0.3 is 24.4 Å².